The molecule has 1 saturated heterocycles. The third-order valence-electron chi connectivity index (χ3n) is 4.41. The lowest BCUT2D eigenvalue weighted by Gasteiger charge is -2.37. The average molecular weight is 369 g/mol. The van der Waals surface area contributed by atoms with E-state index in [2.05, 4.69) is 9.97 Å². The van der Waals surface area contributed by atoms with Crippen molar-refractivity contribution >= 4 is 20.9 Å². The average Bonchev–Trinajstić information content (AvgIpc) is 2.57. The molecule has 134 valence electrons. The molecule has 0 saturated carbocycles. The van der Waals surface area contributed by atoms with Crippen molar-refractivity contribution in [3.63, 3.8) is 0 Å². The number of ether oxygens (including phenoxy) is 1. The van der Waals surface area contributed by atoms with E-state index in [4.69, 9.17) is 4.74 Å². The molecule has 0 radical (unpaired) electrons. The lowest BCUT2D eigenvalue weighted by molar-refractivity contribution is 0.0720. The van der Waals surface area contributed by atoms with Crippen LogP contribution in [0.3, 0.4) is 0 Å². The smallest absolute Gasteiger partial charge is 0.245 e. The van der Waals surface area contributed by atoms with E-state index in [1.165, 1.54) is 4.31 Å². The second-order valence-electron chi connectivity index (χ2n) is 6.46. The van der Waals surface area contributed by atoms with Gasteiger partial charge in [0.15, 0.2) is 0 Å². The van der Waals surface area contributed by atoms with Crippen LogP contribution < -0.4 is 4.74 Å². The van der Waals surface area contributed by atoms with Crippen LogP contribution in [0.15, 0.2) is 53.4 Å². The van der Waals surface area contributed by atoms with Crippen LogP contribution in [0.4, 0.5) is 0 Å². The van der Waals surface area contributed by atoms with Crippen molar-refractivity contribution < 1.29 is 13.2 Å². The monoisotopic (exact) mass is 369 g/mol. The summed E-state index contributed by atoms with van der Waals surface area (Å²) in [5.41, 5.74) is 2.16. The van der Waals surface area contributed by atoms with Gasteiger partial charge in [0.1, 0.15) is 11.0 Å². The Kier molecular flexibility index (Phi) is 4.13. The summed E-state index contributed by atoms with van der Waals surface area (Å²) in [5.74, 6) is 0.523. The molecule has 1 aliphatic heterocycles. The van der Waals surface area contributed by atoms with E-state index >= 15 is 0 Å². The normalized spacial score (nSPS) is 15.8. The van der Waals surface area contributed by atoms with Crippen LogP contribution in [0.5, 0.6) is 5.88 Å². The largest absolute Gasteiger partial charge is 0.472 e. The second-order valence-corrected chi connectivity index (χ2v) is 8.37. The van der Waals surface area contributed by atoms with E-state index in [-0.39, 0.29) is 11.0 Å². The lowest BCUT2D eigenvalue weighted by Crippen LogP contribution is -2.56. The van der Waals surface area contributed by atoms with Crippen molar-refractivity contribution in [3.8, 4) is 5.88 Å². The Balaban J connectivity index is 1.55. The van der Waals surface area contributed by atoms with Gasteiger partial charge in [-0.05, 0) is 32.0 Å². The molecular formula is C19H19N3O3S. The number of benzene rings is 1. The molecule has 0 spiro atoms. The zero-order chi connectivity index (χ0) is 18.3. The fourth-order valence-electron chi connectivity index (χ4n) is 2.99. The van der Waals surface area contributed by atoms with E-state index in [0.29, 0.717) is 24.5 Å². The molecule has 1 fully saturated rings. The summed E-state index contributed by atoms with van der Waals surface area (Å²) >= 11 is 0. The van der Waals surface area contributed by atoms with Gasteiger partial charge in [-0.2, -0.15) is 4.31 Å². The van der Waals surface area contributed by atoms with Crippen LogP contribution in [-0.2, 0) is 10.0 Å². The summed E-state index contributed by atoms with van der Waals surface area (Å²) in [6.07, 6.45) is -0.191. The maximum atomic E-state index is 13.0. The molecule has 4 rings (SSSR count). The predicted octanol–water partition coefficient (Wildman–Crippen LogP) is 2.70. The first kappa shape index (κ1) is 16.9. The minimum absolute atomic E-state index is 0.191. The van der Waals surface area contributed by atoms with Crippen LogP contribution in [0.2, 0.25) is 0 Å². The van der Waals surface area contributed by atoms with Gasteiger partial charge in [-0.1, -0.05) is 24.3 Å². The molecule has 0 N–H and O–H groups in total. The number of hydrogen-bond acceptors (Lipinski definition) is 5. The van der Waals surface area contributed by atoms with E-state index in [1.54, 1.807) is 18.2 Å². The summed E-state index contributed by atoms with van der Waals surface area (Å²) in [5, 5.41) is 0.814. The van der Waals surface area contributed by atoms with E-state index in [0.717, 1.165) is 16.8 Å². The number of aromatic nitrogens is 2. The third-order valence-corrected chi connectivity index (χ3v) is 6.27. The number of pyridine rings is 2. The van der Waals surface area contributed by atoms with Gasteiger partial charge in [0.2, 0.25) is 15.9 Å². The molecule has 0 bridgehead atoms. The zero-order valence-corrected chi connectivity index (χ0v) is 15.4. The first-order valence-electron chi connectivity index (χ1n) is 8.40. The molecule has 0 amide bonds. The number of rotatable bonds is 4. The first-order chi connectivity index (χ1) is 12.4. The molecule has 0 unspecified atom stereocenters. The third kappa shape index (κ3) is 3.04. The highest BCUT2D eigenvalue weighted by atomic mass is 32.2. The number of hydrogen-bond donors (Lipinski definition) is 0. The number of para-hydroxylation sites is 1. The minimum atomic E-state index is -3.61. The Morgan fingerprint density at radius 1 is 0.962 bits per heavy atom. The fourth-order valence-corrected chi connectivity index (χ4v) is 4.65. The van der Waals surface area contributed by atoms with Gasteiger partial charge in [-0.15, -0.1) is 0 Å². The highest BCUT2D eigenvalue weighted by Gasteiger charge is 2.39. The highest BCUT2D eigenvalue weighted by molar-refractivity contribution is 7.89. The molecule has 3 heterocycles. The standard InChI is InChI=1S/C19H19N3O3S/c1-13-5-3-8-18(20-13)25-16-11-22(12-16)26(23,24)17-7-4-6-15-10-9-14(2)21-19(15)17/h3-10,16H,11-12H2,1-2H3. The van der Waals surface area contributed by atoms with Gasteiger partial charge in [0.25, 0.3) is 0 Å². The number of sulfonamides is 1. The summed E-state index contributed by atoms with van der Waals surface area (Å²) in [7, 11) is -3.61. The molecule has 6 nitrogen and oxygen atoms in total. The van der Waals surface area contributed by atoms with Crippen LogP contribution in [0.1, 0.15) is 11.4 Å². The van der Waals surface area contributed by atoms with Crippen LogP contribution in [0, 0.1) is 13.8 Å². The van der Waals surface area contributed by atoms with Gasteiger partial charge >= 0.3 is 0 Å². The van der Waals surface area contributed by atoms with Crippen molar-refractivity contribution in [2.75, 3.05) is 13.1 Å². The summed E-state index contributed by atoms with van der Waals surface area (Å²) < 4.78 is 33.2. The quantitative estimate of drug-likeness (QED) is 0.707. The number of fused-ring (bicyclic) bond motifs is 1. The molecule has 7 heteroatoms. The number of nitrogens with zero attached hydrogens (tertiary/aromatic N) is 3. The van der Waals surface area contributed by atoms with Crippen LogP contribution in [0.25, 0.3) is 10.9 Å². The van der Waals surface area contributed by atoms with Gasteiger partial charge in [0.05, 0.1) is 18.6 Å². The van der Waals surface area contributed by atoms with Crippen molar-refractivity contribution in [1.82, 2.24) is 14.3 Å². The van der Waals surface area contributed by atoms with Gasteiger partial charge in [0, 0.05) is 22.8 Å². The van der Waals surface area contributed by atoms with Crippen molar-refractivity contribution in [2.45, 2.75) is 24.8 Å². The van der Waals surface area contributed by atoms with Crippen LogP contribution in [-0.4, -0.2) is 41.9 Å². The van der Waals surface area contributed by atoms with E-state index < -0.39 is 10.0 Å². The summed E-state index contributed by atoms with van der Waals surface area (Å²) in [4.78, 5) is 8.96. The highest BCUT2D eigenvalue weighted by Crippen LogP contribution is 2.28. The second kappa shape index (κ2) is 6.34. The van der Waals surface area contributed by atoms with Crippen LogP contribution >= 0.6 is 0 Å². The maximum absolute atomic E-state index is 13.0. The fraction of sp³-hybridized carbons (Fsp3) is 0.263. The van der Waals surface area contributed by atoms with Crippen molar-refractivity contribution in [2.24, 2.45) is 0 Å². The molecule has 2 aromatic heterocycles. The SMILES string of the molecule is Cc1cccc(OC2CN(S(=O)(=O)c3cccc4ccc(C)nc34)C2)n1. The first-order valence-corrected chi connectivity index (χ1v) is 9.84. The molecule has 26 heavy (non-hydrogen) atoms. The Labute approximate surface area is 152 Å². The zero-order valence-electron chi connectivity index (χ0n) is 14.6. The molecule has 0 atom stereocenters. The predicted molar refractivity (Wildman–Crippen MR) is 98.6 cm³/mol. The molecule has 0 aliphatic carbocycles. The number of aryl methyl sites for hydroxylation is 2. The minimum Gasteiger partial charge on any atom is -0.472 e. The van der Waals surface area contributed by atoms with Crippen molar-refractivity contribution in [3.05, 3.63) is 59.9 Å². The Bertz CT molecular complexity index is 1080. The molecule has 1 aliphatic rings. The molecular weight excluding hydrogens is 350 g/mol. The van der Waals surface area contributed by atoms with Gasteiger partial charge in [-0.25, -0.2) is 13.4 Å². The summed E-state index contributed by atoms with van der Waals surface area (Å²) in [6.45, 7) is 4.35. The van der Waals surface area contributed by atoms with Gasteiger partial charge in [-0.3, -0.25) is 4.98 Å². The Morgan fingerprint density at radius 2 is 1.69 bits per heavy atom. The molecule has 1 aromatic carbocycles. The maximum Gasteiger partial charge on any atom is 0.245 e. The molecule has 3 aromatic rings. The Hall–Kier alpha value is -2.51. The van der Waals surface area contributed by atoms with Crippen molar-refractivity contribution in [1.29, 1.82) is 0 Å². The topological polar surface area (TPSA) is 72.4 Å². The van der Waals surface area contributed by atoms with Gasteiger partial charge < -0.3 is 4.74 Å². The van der Waals surface area contributed by atoms with E-state index in [9.17, 15) is 8.42 Å². The lowest BCUT2D eigenvalue weighted by atomic mass is 10.2. The summed E-state index contributed by atoms with van der Waals surface area (Å²) in [6, 6.07) is 14.5. The Morgan fingerprint density at radius 3 is 2.46 bits per heavy atom. The van der Waals surface area contributed by atoms with E-state index in [1.807, 2.05) is 44.2 Å².